The monoisotopic (exact) mass is 1480 g/mol. The first-order valence-electron chi connectivity index (χ1n) is 31.2. The first-order chi connectivity index (χ1) is 46.6. The Kier molecular flexibility index (Phi) is 277. The van der Waals surface area contributed by atoms with Crippen LogP contribution in [0.2, 0.25) is 0 Å². The van der Waals surface area contributed by atoms with Crippen molar-refractivity contribution >= 4 is 91.5 Å². The number of hydrogen-bond donors (Lipinski definition) is 12. The Labute approximate surface area is 622 Å². The van der Waals surface area contributed by atoms with Crippen molar-refractivity contribution in [1.29, 1.82) is 0 Å². The van der Waals surface area contributed by atoms with Crippen molar-refractivity contribution in [2.45, 2.75) is 194 Å². The number of aryl methyl sites for hydroxylation is 1. The van der Waals surface area contributed by atoms with E-state index in [1.807, 2.05) is 162 Å². The van der Waals surface area contributed by atoms with Gasteiger partial charge in [-0.1, -0.05) is 194 Å². The van der Waals surface area contributed by atoms with E-state index in [2.05, 4.69) is 127 Å². The van der Waals surface area contributed by atoms with E-state index >= 15 is 0 Å². The van der Waals surface area contributed by atoms with Crippen molar-refractivity contribution < 1.29 is 72.2 Å². The number of aliphatic hydroxyl groups is 1. The van der Waals surface area contributed by atoms with Crippen LogP contribution in [-0.4, -0.2) is 198 Å². The van der Waals surface area contributed by atoms with Crippen molar-refractivity contribution in [1.82, 2.24) is 50.8 Å². The standard InChI is InChI=1S/C30H40N4O4.C8H10.C5H12.2C4H10.C3H8O.2C2H6.5CH5N.10CH2O.5H3N/c1-22(29(37)34-18-12-7-13-19-34)31-28(36)26(20-24-14-8-5-9-15-24)33(4)30(38)27(32(3)23(2)35)21-25-16-10-6-11-17-25;1-2-8-6-4-3-5-7-8;1-4-5(2)3;2*1-4(2)3;1-3(2)4;17*1-2;;;;;/h5-6,8-11,14-17,22,26-27H,7,12-13,18-21H2,1-4H3,(H,31,36);3-7H,2H2,1H3;5H,4H2,1-3H3;2*4H,1-3H3;3-4H,1-2H3;2*1-2H3;5*2H2,1H3;10*1H2;5*1H3/t22-,26-,27-;;;;;;;;;;;;;;;;;;;;;;;;;;;/m0.........................../s1. The zero-order chi connectivity index (χ0) is 82.5. The molecule has 1 aliphatic rings. The summed E-state index contributed by atoms with van der Waals surface area (Å²) in [7, 11) is 10.7. The van der Waals surface area contributed by atoms with Gasteiger partial charge in [-0.25, -0.2) is 0 Å². The molecule has 1 fully saturated rings. The summed E-state index contributed by atoms with van der Waals surface area (Å²) < 4.78 is 0. The van der Waals surface area contributed by atoms with E-state index in [1.165, 1.54) is 63.9 Å². The number of piperidine rings is 1. The number of benzene rings is 3. The number of nitrogens with one attached hydrogen (secondary N) is 1. The van der Waals surface area contributed by atoms with Gasteiger partial charge in [-0.2, -0.15) is 0 Å². The van der Waals surface area contributed by atoms with Crippen molar-refractivity contribution in [2.24, 2.45) is 46.4 Å². The molecule has 4 rings (SSSR count). The van der Waals surface area contributed by atoms with E-state index in [0.29, 0.717) is 19.5 Å². The highest BCUT2D eigenvalue weighted by Crippen LogP contribution is 2.17. The van der Waals surface area contributed by atoms with Crippen LogP contribution < -0.4 is 64.7 Å². The molecule has 4 amide bonds. The second-order valence-electron chi connectivity index (χ2n) is 18.3. The van der Waals surface area contributed by atoms with Crippen LogP contribution in [0.1, 0.15) is 167 Å². The fraction of sp³-hybridized carbons (Fsp3) is 0.562. The second-order valence-corrected chi connectivity index (χ2v) is 18.3. The Morgan fingerprint density at radius 1 is 0.431 bits per heavy atom. The molecule has 0 bridgehead atoms. The minimum atomic E-state index is -0.861. The molecule has 29 heteroatoms. The van der Waals surface area contributed by atoms with Crippen molar-refractivity contribution in [3.63, 3.8) is 0 Å². The van der Waals surface area contributed by atoms with E-state index in [4.69, 9.17) is 53.1 Å². The molecule has 1 aliphatic heterocycles. The summed E-state index contributed by atoms with van der Waals surface area (Å²) in [5.74, 6) is 1.47. The van der Waals surface area contributed by atoms with Crippen LogP contribution in [0.15, 0.2) is 91.0 Å². The molecule has 0 saturated carbocycles. The van der Waals surface area contributed by atoms with Gasteiger partial charge in [-0.05, 0) is 116 Å². The number of nitrogens with two attached hydrogens (primary N) is 5. The van der Waals surface area contributed by atoms with E-state index in [9.17, 15) is 19.2 Å². The predicted octanol–water partition coefficient (Wildman–Crippen LogP) is 9.56. The Hall–Kier alpha value is -8.20. The normalized spacial score (nSPS) is 8.87. The zero-order valence-electron chi connectivity index (χ0n) is 69.1. The van der Waals surface area contributed by atoms with Crippen molar-refractivity contribution in [3.8, 4) is 0 Å². The Morgan fingerprint density at radius 2 is 0.647 bits per heavy atom. The molecule has 0 unspecified atom stereocenters. The molecule has 3 atom stereocenters. The SMILES string of the molecule is C=O.C=O.C=O.C=O.C=O.C=O.C=O.C=O.C=O.C=O.CC.CC.CC(=O)N(C)[C@@H](Cc1ccccc1)C(=O)N(C)[C@@H](Cc1ccccc1)C(=O)N[C@@H](C)C(=O)N1CCCCC1.CC(C)C.CC(C)C.CC(C)O.CCC(C)C.CCc1ccccc1.CN.CN.CN.CN.CN.N.N.N.N.N. The highest BCUT2D eigenvalue weighted by Gasteiger charge is 2.35. The first kappa shape index (κ1) is 166. The topological polar surface area (TPSA) is 586 Å². The fourth-order valence-electron chi connectivity index (χ4n) is 5.55. The number of rotatable bonds is 12. The summed E-state index contributed by atoms with van der Waals surface area (Å²) in [5, 5.41) is 10.9. The minimum absolute atomic E-state index is 0. The lowest BCUT2D eigenvalue weighted by Gasteiger charge is -2.35. The molecule has 614 valence electrons. The maximum atomic E-state index is 13.9. The van der Waals surface area contributed by atoms with E-state index in [0.717, 1.165) is 54.6 Å². The van der Waals surface area contributed by atoms with Crippen LogP contribution in [0.3, 0.4) is 0 Å². The summed E-state index contributed by atoms with van der Waals surface area (Å²) >= 11 is 0. The quantitative estimate of drug-likeness (QED) is 0.0802. The number of aliphatic hydroxyl groups excluding tert-OH is 1. The highest BCUT2D eigenvalue weighted by atomic mass is 16.3. The lowest BCUT2D eigenvalue weighted by Crippen LogP contribution is -2.58. The number of likely N-dealkylation sites (tertiary alicyclic amines) is 1. The van der Waals surface area contributed by atoms with Gasteiger partial charge in [-0.15, -0.1) is 0 Å². The molecular weight excluding hydrogens is 1310 g/mol. The molecule has 3 aromatic carbocycles. The van der Waals surface area contributed by atoms with Gasteiger partial charge in [0, 0.05) is 53.1 Å². The number of amides is 4. The summed E-state index contributed by atoms with van der Waals surface area (Å²) in [6, 6.07) is 27.1. The van der Waals surface area contributed by atoms with Gasteiger partial charge in [0.25, 0.3) is 0 Å². The molecule has 0 radical (unpaired) electrons. The van der Waals surface area contributed by atoms with E-state index < -0.39 is 24.0 Å². The molecular formula is C73H162N14O15. The van der Waals surface area contributed by atoms with Gasteiger partial charge in [0.15, 0.2) is 0 Å². The molecule has 0 spiro atoms. The van der Waals surface area contributed by atoms with Gasteiger partial charge in [0.2, 0.25) is 23.6 Å². The average Bonchev–Trinajstić information content (AvgIpc) is 0.824. The number of nitrogens with zero attached hydrogens (tertiary/aromatic N) is 3. The third kappa shape index (κ3) is 147. The van der Waals surface area contributed by atoms with Crippen LogP contribution in [0.25, 0.3) is 0 Å². The summed E-state index contributed by atoms with van der Waals surface area (Å²) in [6.45, 7) is 57.8. The van der Waals surface area contributed by atoms with Crippen molar-refractivity contribution in [3.05, 3.63) is 108 Å². The smallest absolute Gasteiger partial charge is 0.246 e. The van der Waals surface area contributed by atoms with Gasteiger partial charge < -0.3 is 132 Å². The Bertz CT molecular complexity index is 1780. The number of carbonyl (C=O) groups is 14. The van der Waals surface area contributed by atoms with Gasteiger partial charge in [0.1, 0.15) is 86.0 Å². The molecule has 1 heterocycles. The average molecular weight is 1480 g/mol. The Balaban J connectivity index is -0.0000000359. The largest absolute Gasteiger partial charge is 0.394 e. The molecule has 1 saturated heterocycles. The maximum absolute atomic E-state index is 13.9. The number of likely N-dealkylation sites (N-methyl/N-ethyl adjacent to an activating group) is 2. The van der Waals surface area contributed by atoms with Gasteiger partial charge in [0.05, 0.1) is 0 Å². The molecule has 3 aromatic rings. The molecule has 27 N–H and O–H groups in total. The molecule has 29 nitrogen and oxygen atoms in total. The van der Waals surface area contributed by atoms with Crippen molar-refractivity contribution in [2.75, 3.05) is 62.4 Å². The predicted molar refractivity (Wildman–Crippen MR) is 436 cm³/mol. The summed E-state index contributed by atoms with van der Waals surface area (Å²) in [5.41, 5.74) is 25.7. The molecule has 0 aromatic heterocycles. The maximum Gasteiger partial charge on any atom is 0.246 e. The molecule has 102 heavy (non-hydrogen) atoms. The number of carbonyl (C=O) groups excluding carboxylic acids is 14. The fourth-order valence-corrected chi connectivity index (χ4v) is 5.55. The highest BCUT2D eigenvalue weighted by molar-refractivity contribution is 5.94. The van der Waals surface area contributed by atoms with Gasteiger partial charge in [-0.3, -0.25) is 19.2 Å². The van der Waals surface area contributed by atoms with Crippen LogP contribution >= 0.6 is 0 Å². The lowest BCUT2D eigenvalue weighted by molar-refractivity contribution is -0.147. The zero-order valence-corrected chi connectivity index (χ0v) is 69.1. The third-order valence-corrected chi connectivity index (χ3v) is 9.38. The minimum Gasteiger partial charge on any atom is -0.394 e. The van der Waals surface area contributed by atoms with E-state index in [-0.39, 0.29) is 61.0 Å². The summed E-state index contributed by atoms with van der Waals surface area (Å²) in [6.07, 6.45) is 5.92. The van der Waals surface area contributed by atoms with Gasteiger partial charge >= 0.3 is 0 Å². The van der Waals surface area contributed by atoms with E-state index in [1.54, 1.807) is 39.8 Å². The number of hydrogen-bond acceptors (Lipinski definition) is 25. The van der Waals surface area contributed by atoms with Crippen LogP contribution in [0, 0.1) is 17.8 Å². The first-order valence-corrected chi connectivity index (χ1v) is 31.2. The third-order valence-electron chi connectivity index (χ3n) is 9.38. The van der Waals surface area contributed by atoms with Crippen LogP contribution in [-0.2, 0) is 86.4 Å². The lowest BCUT2D eigenvalue weighted by atomic mass is 10.00. The second kappa shape index (κ2) is 170. The Morgan fingerprint density at radius 3 is 0.843 bits per heavy atom. The summed E-state index contributed by atoms with van der Waals surface area (Å²) in [4.78, 5) is 137. The van der Waals surface area contributed by atoms with Crippen LogP contribution in [0.4, 0.5) is 0 Å². The van der Waals surface area contributed by atoms with Crippen LogP contribution in [0.5, 0.6) is 0 Å². The molecule has 0 aliphatic carbocycles.